The van der Waals surface area contributed by atoms with E-state index in [4.69, 9.17) is 4.74 Å². The fourth-order valence-corrected chi connectivity index (χ4v) is 1.41. The number of nitrogens with one attached hydrogen (secondary N) is 2. The molecule has 1 heterocycles. The first-order valence-electron chi connectivity index (χ1n) is 5.99. The molecule has 0 atom stereocenters. The lowest BCUT2D eigenvalue weighted by atomic mass is 10.2. The van der Waals surface area contributed by atoms with Crippen LogP contribution in [0.25, 0.3) is 0 Å². The van der Waals surface area contributed by atoms with Crippen molar-refractivity contribution in [3.63, 3.8) is 0 Å². The van der Waals surface area contributed by atoms with Gasteiger partial charge in [0.05, 0.1) is 5.69 Å². The van der Waals surface area contributed by atoms with E-state index in [2.05, 4.69) is 29.1 Å². The van der Waals surface area contributed by atoms with E-state index in [9.17, 15) is 4.79 Å². The fourth-order valence-electron chi connectivity index (χ4n) is 1.41. The van der Waals surface area contributed by atoms with Crippen molar-refractivity contribution in [2.24, 2.45) is 5.92 Å². The van der Waals surface area contributed by atoms with Crippen LogP contribution >= 0.6 is 0 Å². The molecule has 0 aliphatic rings. The summed E-state index contributed by atoms with van der Waals surface area (Å²) >= 11 is 0. The largest absolute Gasteiger partial charge is 0.374 e. The Morgan fingerprint density at radius 3 is 2.94 bits per heavy atom. The minimum Gasteiger partial charge on any atom is -0.374 e. The molecule has 0 bridgehead atoms. The highest BCUT2D eigenvalue weighted by Gasteiger charge is 2.02. The number of ether oxygens (including phenoxy) is 1. The van der Waals surface area contributed by atoms with Crippen molar-refractivity contribution < 1.29 is 4.74 Å². The Morgan fingerprint density at radius 2 is 2.29 bits per heavy atom. The van der Waals surface area contributed by atoms with Crippen molar-refractivity contribution in [3.8, 4) is 0 Å². The van der Waals surface area contributed by atoms with Crippen molar-refractivity contribution in [3.05, 3.63) is 27.9 Å². The summed E-state index contributed by atoms with van der Waals surface area (Å²) in [7, 11) is 0. The standard InChI is InChI=1S/C12H21N3O2/c1-4-17-8-11-14-10(5-12(16)15-11)7-13-6-9(2)3/h5,9,13H,4,6-8H2,1-3H3,(H,14,15,16). The zero-order valence-electron chi connectivity index (χ0n) is 10.7. The molecule has 0 aliphatic carbocycles. The first-order valence-corrected chi connectivity index (χ1v) is 5.99. The highest BCUT2D eigenvalue weighted by molar-refractivity contribution is 5.02. The van der Waals surface area contributed by atoms with Crippen molar-refractivity contribution >= 4 is 0 Å². The lowest BCUT2D eigenvalue weighted by Gasteiger charge is -2.08. The van der Waals surface area contributed by atoms with Gasteiger partial charge in [-0.25, -0.2) is 4.98 Å². The average molecular weight is 239 g/mol. The molecular weight excluding hydrogens is 218 g/mol. The predicted molar refractivity (Wildman–Crippen MR) is 66.7 cm³/mol. The molecule has 0 saturated heterocycles. The number of aromatic nitrogens is 2. The number of rotatable bonds is 7. The van der Waals surface area contributed by atoms with Crippen molar-refractivity contribution in [1.29, 1.82) is 0 Å². The molecule has 5 nitrogen and oxygen atoms in total. The smallest absolute Gasteiger partial charge is 0.251 e. The van der Waals surface area contributed by atoms with E-state index in [-0.39, 0.29) is 5.56 Å². The van der Waals surface area contributed by atoms with Crippen LogP contribution in [0.2, 0.25) is 0 Å². The Balaban J connectivity index is 2.59. The normalized spacial score (nSPS) is 11.1. The van der Waals surface area contributed by atoms with E-state index in [0.29, 0.717) is 31.5 Å². The molecule has 0 fully saturated rings. The van der Waals surface area contributed by atoms with Crippen LogP contribution in [-0.4, -0.2) is 23.1 Å². The molecule has 1 aromatic heterocycles. The second-order valence-corrected chi connectivity index (χ2v) is 4.35. The highest BCUT2D eigenvalue weighted by Crippen LogP contribution is 1.95. The van der Waals surface area contributed by atoms with E-state index in [0.717, 1.165) is 12.2 Å². The molecule has 0 aliphatic heterocycles. The van der Waals surface area contributed by atoms with Gasteiger partial charge in [-0.05, 0) is 19.4 Å². The Hall–Kier alpha value is -1.20. The molecule has 2 N–H and O–H groups in total. The Bertz CT molecular complexity index is 388. The average Bonchev–Trinajstić information content (AvgIpc) is 2.25. The van der Waals surface area contributed by atoms with Gasteiger partial charge in [0.2, 0.25) is 0 Å². The van der Waals surface area contributed by atoms with Gasteiger partial charge in [-0.2, -0.15) is 0 Å². The summed E-state index contributed by atoms with van der Waals surface area (Å²) < 4.78 is 5.22. The monoisotopic (exact) mass is 239 g/mol. The van der Waals surface area contributed by atoms with E-state index < -0.39 is 0 Å². The maximum Gasteiger partial charge on any atom is 0.251 e. The molecule has 0 spiro atoms. The summed E-state index contributed by atoms with van der Waals surface area (Å²) in [5, 5.41) is 3.26. The number of H-pyrrole nitrogens is 1. The zero-order valence-corrected chi connectivity index (χ0v) is 10.7. The Labute approximate surface area is 102 Å². The Kier molecular flexibility index (Phi) is 5.86. The predicted octanol–water partition coefficient (Wildman–Crippen LogP) is 1.05. The molecular formula is C12H21N3O2. The van der Waals surface area contributed by atoms with E-state index in [1.54, 1.807) is 0 Å². The highest BCUT2D eigenvalue weighted by atomic mass is 16.5. The summed E-state index contributed by atoms with van der Waals surface area (Å²) in [4.78, 5) is 18.4. The van der Waals surface area contributed by atoms with Gasteiger partial charge in [0.15, 0.2) is 0 Å². The maximum atomic E-state index is 11.4. The molecule has 0 radical (unpaired) electrons. The second kappa shape index (κ2) is 7.19. The van der Waals surface area contributed by atoms with Crippen molar-refractivity contribution in [2.45, 2.75) is 33.9 Å². The molecule has 96 valence electrons. The van der Waals surface area contributed by atoms with Gasteiger partial charge in [-0.15, -0.1) is 0 Å². The van der Waals surface area contributed by atoms with Gasteiger partial charge in [-0.3, -0.25) is 4.79 Å². The number of hydrogen-bond acceptors (Lipinski definition) is 4. The van der Waals surface area contributed by atoms with Crippen LogP contribution in [0.5, 0.6) is 0 Å². The van der Waals surface area contributed by atoms with Crippen molar-refractivity contribution in [1.82, 2.24) is 15.3 Å². The van der Waals surface area contributed by atoms with Crippen LogP contribution in [-0.2, 0) is 17.9 Å². The van der Waals surface area contributed by atoms with Crippen LogP contribution in [0.1, 0.15) is 32.3 Å². The second-order valence-electron chi connectivity index (χ2n) is 4.35. The van der Waals surface area contributed by atoms with E-state index >= 15 is 0 Å². The quantitative estimate of drug-likeness (QED) is 0.746. The summed E-state index contributed by atoms with van der Waals surface area (Å²) in [6.07, 6.45) is 0. The number of nitrogens with zero attached hydrogens (tertiary/aromatic N) is 1. The van der Waals surface area contributed by atoms with Crippen LogP contribution < -0.4 is 10.9 Å². The summed E-state index contributed by atoms with van der Waals surface area (Å²) in [6, 6.07) is 1.52. The topological polar surface area (TPSA) is 67.0 Å². The third kappa shape index (κ3) is 5.60. The molecule has 1 aromatic rings. The summed E-state index contributed by atoms with van der Waals surface area (Å²) in [5.74, 6) is 1.17. The van der Waals surface area contributed by atoms with Gasteiger partial charge < -0.3 is 15.0 Å². The zero-order chi connectivity index (χ0) is 12.7. The Morgan fingerprint density at radius 1 is 1.53 bits per heavy atom. The SMILES string of the molecule is CCOCc1nc(CNCC(C)C)cc(=O)[nH]1. The van der Waals surface area contributed by atoms with E-state index in [1.165, 1.54) is 6.07 Å². The van der Waals surface area contributed by atoms with Gasteiger partial charge >= 0.3 is 0 Å². The minimum absolute atomic E-state index is 0.129. The molecule has 1 rings (SSSR count). The number of hydrogen-bond donors (Lipinski definition) is 2. The number of aromatic amines is 1. The minimum atomic E-state index is -0.129. The first-order chi connectivity index (χ1) is 8.11. The van der Waals surface area contributed by atoms with Crippen molar-refractivity contribution in [2.75, 3.05) is 13.2 Å². The molecule has 5 heteroatoms. The maximum absolute atomic E-state index is 11.4. The van der Waals surface area contributed by atoms with Gasteiger partial charge in [-0.1, -0.05) is 13.8 Å². The van der Waals surface area contributed by atoms with Crippen LogP contribution in [0, 0.1) is 5.92 Å². The third-order valence-corrected chi connectivity index (χ3v) is 2.15. The van der Waals surface area contributed by atoms with Crippen LogP contribution in [0.4, 0.5) is 0 Å². The summed E-state index contributed by atoms with van der Waals surface area (Å²) in [5.41, 5.74) is 0.625. The summed E-state index contributed by atoms with van der Waals surface area (Å²) in [6.45, 7) is 8.67. The van der Waals surface area contributed by atoms with Gasteiger partial charge in [0.1, 0.15) is 12.4 Å². The molecule has 0 amide bonds. The van der Waals surface area contributed by atoms with Gasteiger partial charge in [0, 0.05) is 19.2 Å². The first kappa shape index (κ1) is 13.9. The third-order valence-electron chi connectivity index (χ3n) is 2.15. The fraction of sp³-hybridized carbons (Fsp3) is 0.667. The van der Waals surface area contributed by atoms with Crippen LogP contribution in [0.3, 0.4) is 0 Å². The molecule has 0 saturated carbocycles. The lowest BCUT2D eigenvalue weighted by Crippen LogP contribution is -2.22. The molecule has 0 aromatic carbocycles. The molecule has 17 heavy (non-hydrogen) atoms. The molecule has 0 unspecified atom stereocenters. The van der Waals surface area contributed by atoms with Crippen LogP contribution in [0.15, 0.2) is 10.9 Å². The van der Waals surface area contributed by atoms with Gasteiger partial charge in [0.25, 0.3) is 5.56 Å². The van der Waals surface area contributed by atoms with E-state index in [1.807, 2.05) is 6.92 Å². The lowest BCUT2D eigenvalue weighted by molar-refractivity contribution is 0.128.